The number of nitrogens with zero attached hydrogens (tertiary/aromatic N) is 2. The van der Waals surface area contributed by atoms with Gasteiger partial charge in [-0.3, -0.25) is 0 Å². The quantitative estimate of drug-likeness (QED) is 0.434. The van der Waals surface area contributed by atoms with Gasteiger partial charge in [0, 0.05) is 19.6 Å². The number of ether oxygens (including phenoxy) is 2. The Bertz CT molecular complexity index is 802. The van der Waals surface area contributed by atoms with Crippen molar-refractivity contribution in [1.82, 2.24) is 9.80 Å². The predicted octanol–water partition coefficient (Wildman–Crippen LogP) is 6.05. The molecular weight excluding hydrogens is 448 g/mol. The van der Waals surface area contributed by atoms with E-state index in [9.17, 15) is 9.59 Å². The third-order valence-electron chi connectivity index (χ3n) is 6.53. The SMILES string of the molecule is CC(C)(C)OC(=O)N(CCO[Si](C)(C)C(C)(C)C)C1CCCN(C(=O)OCc2ccccc2)C1. The summed E-state index contributed by atoms with van der Waals surface area (Å²) in [5, 5.41) is 0.0912. The summed E-state index contributed by atoms with van der Waals surface area (Å²) in [6, 6.07) is 9.49. The smallest absolute Gasteiger partial charge is 0.410 e. The van der Waals surface area contributed by atoms with E-state index in [1.165, 1.54) is 0 Å². The number of carbonyl (C=O) groups is 2. The summed E-state index contributed by atoms with van der Waals surface area (Å²) in [6.45, 7) is 18.8. The van der Waals surface area contributed by atoms with Crippen LogP contribution in [0.2, 0.25) is 18.1 Å². The zero-order valence-corrected chi connectivity index (χ0v) is 23.3. The monoisotopic (exact) mass is 492 g/mol. The first-order valence-corrected chi connectivity index (χ1v) is 15.2. The molecule has 0 radical (unpaired) electrons. The molecule has 1 heterocycles. The standard InChI is InChI=1S/C26H44N2O5Si/c1-25(2,3)33-24(30)28(17-18-32-34(7,8)26(4,5)6)22-15-12-16-27(19-22)23(29)31-20-21-13-10-9-11-14-21/h9-11,13-14,22H,12,15-20H2,1-8H3. The number of rotatable bonds is 7. The van der Waals surface area contributed by atoms with Gasteiger partial charge in [-0.1, -0.05) is 51.1 Å². The van der Waals surface area contributed by atoms with E-state index in [4.69, 9.17) is 13.9 Å². The van der Waals surface area contributed by atoms with Gasteiger partial charge < -0.3 is 23.7 Å². The summed E-state index contributed by atoms with van der Waals surface area (Å²) in [6.07, 6.45) is 0.890. The molecule has 34 heavy (non-hydrogen) atoms. The lowest BCUT2D eigenvalue weighted by atomic mass is 10.0. The number of piperidine rings is 1. The lowest BCUT2D eigenvalue weighted by Crippen LogP contribution is -2.54. The van der Waals surface area contributed by atoms with Crippen LogP contribution in [0, 0.1) is 0 Å². The van der Waals surface area contributed by atoms with Gasteiger partial charge in [-0.25, -0.2) is 9.59 Å². The van der Waals surface area contributed by atoms with Gasteiger partial charge in [0.2, 0.25) is 0 Å². The molecule has 7 nitrogen and oxygen atoms in total. The highest BCUT2D eigenvalue weighted by atomic mass is 28.4. The molecule has 0 aliphatic carbocycles. The van der Waals surface area contributed by atoms with E-state index in [0.717, 1.165) is 18.4 Å². The Morgan fingerprint density at radius 1 is 1.09 bits per heavy atom. The first kappa shape index (κ1) is 28.2. The maximum absolute atomic E-state index is 13.1. The van der Waals surface area contributed by atoms with Crippen molar-refractivity contribution in [3.63, 3.8) is 0 Å². The van der Waals surface area contributed by atoms with E-state index in [-0.39, 0.29) is 29.9 Å². The van der Waals surface area contributed by atoms with Gasteiger partial charge in [0.15, 0.2) is 8.32 Å². The minimum atomic E-state index is -1.94. The molecule has 8 heteroatoms. The average molecular weight is 493 g/mol. The van der Waals surface area contributed by atoms with Crippen molar-refractivity contribution in [3.8, 4) is 0 Å². The van der Waals surface area contributed by atoms with E-state index in [0.29, 0.717) is 26.2 Å². The van der Waals surface area contributed by atoms with E-state index in [1.807, 2.05) is 51.1 Å². The van der Waals surface area contributed by atoms with Gasteiger partial charge >= 0.3 is 12.2 Å². The van der Waals surface area contributed by atoms with Gasteiger partial charge in [-0.15, -0.1) is 0 Å². The van der Waals surface area contributed by atoms with Gasteiger partial charge in [0.05, 0.1) is 12.6 Å². The van der Waals surface area contributed by atoms with Crippen LogP contribution in [0.1, 0.15) is 59.9 Å². The molecule has 0 aromatic heterocycles. The third kappa shape index (κ3) is 8.62. The zero-order valence-electron chi connectivity index (χ0n) is 22.3. The maximum atomic E-state index is 13.1. The molecule has 192 valence electrons. The van der Waals surface area contributed by atoms with E-state index in [1.54, 1.807) is 9.80 Å². The van der Waals surface area contributed by atoms with E-state index in [2.05, 4.69) is 33.9 Å². The van der Waals surface area contributed by atoms with Gasteiger partial charge in [0.25, 0.3) is 0 Å². The Morgan fingerprint density at radius 2 is 1.74 bits per heavy atom. The van der Waals surface area contributed by atoms with Crippen LogP contribution in [0.3, 0.4) is 0 Å². The second kappa shape index (κ2) is 11.6. The van der Waals surface area contributed by atoms with Crippen LogP contribution in [0.4, 0.5) is 9.59 Å². The molecule has 0 N–H and O–H groups in total. The Labute approximate surface area is 206 Å². The molecule has 1 saturated heterocycles. The van der Waals surface area contributed by atoms with Crippen molar-refractivity contribution in [2.75, 3.05) is 26.2 Å². The molecule has 0 bridgehead atoms. The molecule has 1 atom stereocenters. The van der Waals surface area contributed by atoms with Crippen molar-refractivity contribution in [2.45, 2.75) is 90.8 Å². The minimum absolute atomic E-state index is 0.0912. The van der Waals surface area contributed by atoms with Crippen molar-refractivity contribution in [3.05, 3.63) is 35.9 Å². The lowest BCUT2D eigenvalue weighted by molar-refractivity contribution is 0.00143. The van der Waals surface area contributed by atoms with Crippen molar-refractivity contribution >= 4 is 20.5 Å². The van der Waals surface area contributed by atoms with Gasteiger partial charge in [0.1, 0.15) is 12.2 Å². The molecule has 1 aliphatic heterocycles. The highest BCUT2D eigenvalue weighted by Crippen LogP contribution is 2.36. The number of hydrogen-bond donors (Lipinski definition) is 0. The second-order valence-electron chi connectivity index (χ2n) is 11.6. The minimum Gasteiger partial charge on any atom is -0.445 e. The van der Waals surface area contributed by atoms with Crippen molar-refractivity contribution < 1.29 is 23.5 Å². The Morgan fingerprint density at radius 3 is 2.32 bits per heavy atom. The molecular formula is C26H44N2O5Si. The van der Waals surface area contributed by atoms with E-state index >= 15 is 0 Å². The second-order valence-corrected chi connectivity index (χ2v) is 16.4. The molecule has 0 saturated carbocycles. The molecule has 1 aliphatic rings. The van der Waals surface area contributed by atoms with Crippen molar-refractivity contribution in [2.24, 2.45) is 0 Å². The summed E-state index contributed by atoms with van der Waals surface area (Å²) in [4.78, 5) is 29.3. The topological polar surface area (TPSA) is 68.3 Å². The fourth-order valence-electron chi connectivity index (χ4n) is 3.54. The number of benzene rings is 1. The molecule has 1 unspecified atom stereocenters. The summed E-state index contributed by atoms with van der Waals surface area (Å²) in [7, 11) is -1.94. The predicted molar refractivity (Wildman–Crippen MR) is 137 cm³/mol. The average Bonchev–Trinajstić information content (AvgIpc) is 2.73. The molecule has 0 spiro atoms. The van der Waals surface area contributed by atoms with E-state index < -0.39 is 13.9 Å². The third-order valence-corrected chi connectivity index (χ3v) is 11.1. The van der Waals surface area contributed by atoms with Gasteiger partial charge in [-0.05, 0) is 57.3 Å². The Hall–Kier alpha value is -2.06. The van der Waals surface area contributed by atoms with Crippen LogP contribution in [-0.4, -0.2) is 68.2 Å². The summed E-state index contributed by atoms with van der Waals surface area (Å²) >= 11 is 0. The Balaban J connectivity index is 2.04. The van der Waals surface area contributed by atoms with Gasteiger partial charge in [-0.2, -0.15) is 0 Å². The summed E-state index contributed by atoms with van der Waals surface area (Å²) < 4.78 is 17.6. The first-order chi connectivity index (χ1) is 15.7. The largest absolute Gasteiger partial charge is 0.445 e. The lowest BCUT2D eigenvalue weighted by Gasteiger charge is -2.40. The Kier molecular flexibility index (Phi) is 9.59. The number of carbonyl (C=O) groups excluding carboxylic acids is 2. The van der Waals surface area contributed by atoms with Crippen LogP contribution in [0.15, 0.2) is 30.3 Å². The molecule has 2 amide bonds. The van der Waals surface area contributed by atoms with Crippen LogP contribution in [0.5, 0.6) is 0 Å². The summed E-state index contributed by atoms with van der Waals surface area (Å²) in [5.41, 5.74) is 0.348. The zero-order chi connectivity index (χ0) is 25.6. The maximum Gasteiger partial charge on any atom is 0.410 e. The normalized spacial score (nSPS) is 17.3. The number of likely N-dealkylation sites (tertiary alicyclic amines) is 1. The first-order valence-electron chi connectivity index (χ1n) is 12.3. The molecule has 2 rings (SSSR count). The summed E-state index contributed by atoms with van der Waals surface area (Å²) in [5.74, 6) is 0. The van der Waals surface area contributed by atoms with Crippen LogP contribution in [0.25, 0.3) is 0 Å². The van der Waals surface area contributed by atoms with Crippen LogP contribution >= 0.6 is 0 Å². The fraction of sp³-hybridized carbons (Fsp3) is 0.692. The fourth-order valence-corrected chi connectivity index (χ4v) is 4.58. The number of amides is 2. The van der Waals surface area contributed by atoms with Crippen molar-refractivity contribution in [1.29, 1.82) is 0 Å². The highest BCUT2D eigenvalue weighted by Gasteiger charge is 2.38. The molecule has 1 aromatic carbocycles. The molecule has 1 aromatic rings. The highest BCUT2D eigenvalue weighted by molar-refractivity contribution is 6.74. The molecule has 1 fully saturated rings. The number of hydrogen-bond acceptors (Lipinski definition) is 5. The van der Waals surface area contributed by atoms with Crippen LogP contribution in [-0.2, 0) is 20.5 Å². The van der Waals surface area contributed by atoms with Crippen LogP contribution < -0.4 is 0 Å².